The Balaban J connectivity index is 2.46. The van der Waals surface area contributed by atoms with Gasteiger partial charge in [-0.3, -0.25) is 9.80 Å². The lowest BCUT2D eigenvalue weighted by Crippen LogP contribution is -2.52. The molecule has 0 aliphatic carbocycles. The SMILES string of the molecule is CCN1CCCN(C(C)(C)C)C1. The third-order valence-corrected chi connectivity index (χ3v) is 2.67. The first-order chi connectivity index (χ1) is 5.54. The maximum Gasteiger partial charge on any atom is 0.0510 e. The lowest BCUT2D eigenvalue weighted by atomic mass is 10.1. The Hall–Kier alpha value is -0.0800. The molecule has 72 valence electrons. The summed E-state index contributed by atoms with van der Waals surface area (Å²) in [5, 5.41) is 0. The second-order valence-corrected chi connectivity index (χ2v) is 4.64. The highest BCUT2D eigenvalue weighted by Gasteiger charge is 2.25. The van der Waals surface area contributed by atoms with Crippen LogP contribution < -0.4 is 0 Å². The van der Waals surface area contributed by atoms with Crippen LogP contribution in [0.15, 0.2) is 0 Å². The summed E-state index contributed by atoms with van der Waals surface area (Å²) >= 11 is 0. The highest BCUT2D eigenvalue weighted by atomic mass is 15.3. The van der Waals surface area contributed by atoms with Gasteiger partial charge in [-0.1, -0.05) is 6.92 Å². The van der Waals surface area contributed by atoms with Crippen molar-refractivity contribution in [3.05, 3.63) is 0 Å². The van der Waals surface area contributed by atoms with E-state index in [-0.39, 0.29) is 0 Å². The van der Waals surface area contributed by atoms with E-state index in [9.17, 15) is 0 Å². The minimum absolute atomic E-state index is 0.341. The van der Waals surface area contributed by atoms with Crippen LogP contribution in [-0.4, -0.2) is 41.6 Å². The van der Waals surface area contributed by atoms with Gasteiger partial charge in [0.2, 0.25) is 0 Å². The largest absolute Gasteiger partial charge is 0.291 e. The van der Waals surface area contributed by atoms with E-state index < -0.39 is 0 Å². The van der Waals surface area contributed by atoms with Crippen LogP contribution in [0, 0.1) is 0 Å². The van der Waals surface area contributed by atoms with E-state index in [2.05, 4.69) is 37.5 Å². The second kappa shape index (κ2) is 3.75. The quantitative estimate of drug-likeness (QED) is 0.592. The van der Waals surface area contributed by atoms with Crippen molar-refractivity contribution in [2.24, 2.45) is 0 Å². The first kappa shape index (κ1) is 10.0. The van der Waals surface area contributed by atoms with E-state index in [0.717, 1.165) is 6.67 Å². The Bertz CT molecular complexity index is 137. The van der Waals surface area contributed by atoms with Gasteiger partial charge in [-0.25, -0.2) is 0 Å². The van der Waals surface area contributed by atoms with Crippen LogP contribution >= 0.6 is 0 Å². The minimum Gasteiger partial charge on any atom is -0.291 e. The summed E-state index contributed by atoms with van der Waals surface area (Å²) < 4.78 is 0. The average Bonchev–Trinajstić information content (AvgIpc) is 2.03. The van der Waals surface area contributed by atoms with Crippen molar-refractivity contribution >= 4 is 0 Å². The molecule has 0 bridgehead atoms. The van der Waals surface area contributed by atoms with Gasteiger partial charge in [0.1, 0.15) is 0 Å². The van der Waals surface area contributed by atoms with E-state index in [4.69, 9.17) is 0 Å². The van der Waals surface area contributed by atoms with Gasteiger partial charge >= 0.3 is 0 Å². The monoisotopic (exact) mass is 170 g/mol. The first-order valence-electron chi connectivity index (χ1n) is 5.01. The molecule has 0 radical (unpaired) electrons. The van der Waals surface area contributed by atoms with Crippen molar-refractivity contribution in [1.82, 2.24) is 9.80 Å². The summed E-state index contributed by atoms with van der Waals surface area (Å²) in [4.78, 5) is 5.06. The van der Waals surface area contributed by atoms with Gasteiger partial charge in [0, 0.05) is 18.6 Å². The molecule has 1 aliphatic heterocycles. The molecule has 0 saturated carbocycles. The molecule has 1 rings (SSSR count). The molecular weight excluding hydrogens is 148 g/mol. The molecule has 0 amide bonds. The molecule has 0 aromatic rings. The maximum atomic E-state index is 2.56. The molecule has 0 unspecified atom stereocenters. The lowest BCUT2D eigenvalue weighted by molar-refractivity contribution is 0.0240. The van der Waals surface area contributed by atoms with Gasteiger partial charge in [-0.2, -0.15) is 0 Å². The molecule has 0 N–H and O–H groups in total. The van der Waals surface area contributed by atoms with Crippen LogP contribution in [0.2, 0.25) is 0 Å². The van der Waals surface area contributed by atoms with Crippen LogP contribution in [0.3, 0.4) is 0 Å². The Labute approximate surface area is 76.5 Å². The fourth-order valence-electron chi connectivity index (χ4n) is 1.67. The first-order valence-corrected chi connectivity index (χ1v) is 5.01. The molecule has 12 heavy (non-hydrogen) atoms. The molecule has 1 heterocycles. The van der Waals surface area contributed by atoms with Crippen LogP contribution in [0.5, 0.6) is 0 Å². The Kier molecular flexibility index (Phi) is 3.13. The van der Waals surface area contributed by atoms with Crippen molar-refractivity contribution in [1.29, 1.82) is 0 Å². The van der Waals surface area contributed by atoms with Gasteiger partial charge in [-0.15, -0.1) is 0 Å². The summed E-state index contributed by atoms with van der Waals surface area (Å²) in [5.41, 5.74) is 0.341. The van der Waals surface area contributed by atoms with E-state index in [1.54, 1.807) is 0 Å². The van der Waals surface area contributed by atoms with Crippen molar-refractivity contribution in [3.8, 4) is 0 Å². The van der Waals surface area contributed by atoms with Crippen LogP contribution in [0.1, 0.15) is 34.1 Å². The normalized spacial score (nSPS) is 23.0. The number of hydrogen-bond acceptors (Lipinski definition) is 2. The number of hydrogen-bond donors (Lipinski definition) is 0. The van der Waals surface area contributed by atoms with Crippen molar-refractivity contribution in [3.63, 3.8) is 0 Å². The molecule has 1 aliphatic rings. The highest BCUT2D eigenvalue weighted by Crippen LogP contribution is 2.17. The molecule has 0 aromatic heterocycles. The van der Waals surface area contributed by atoms with E-state index >= 15 is 0 Å². The molecule has 0 aromatic carbocycles. The predicted octanol–water partition coefficient (Wildman–Crippen LogP) is 1.77. The summed E-state index contributed by atoms with van der Waals surface area (Å²) in [6.45, 7) is 14.0. The molecular formula is C10H22N2. The maximum absolute atomic E-state index is 2.56. The third kappa shape index (κ3) is 2.46. The Morgan fingerprint density at radius 1 is 1.17 bits per heavy atom. The zero-order valence-electron chi connectivity index (χ0n) is 8.93. The standard InChI is InChI=1S/C10H22N2/c1-5-11-7-6-8-12(9-11)10(2,3)4/h5-9H2,1-4H3. The second-order valence-electron chi connectivity index (χ2n) is 4.64. The zero-order valence-corrected chi connectivity index (χ0v) is 8.93. The van der Waals surface area contributed by atoms with Crippen molar-refractivity contribution < 1.29 is 0 Å². The average molecular weight is 170 g/mol. The van der Waals surface area contributed by atoms with E-state index in [1.165, 1.54) is 26.1 Å². The smallest absolute Gasteiger partial charge is 0.0510 e. The van der Waals surface area contributed by atoms with Gasteiger partial charge in [0.05, 0.1) is 6.67 Å². The molecule has 2 nitrogen and oxygen atoms in total. The molecule has 0 atom stereocenters. The number of nitrogens with zero attached hydrogens (tertiary/aromatic N) is 2. The Morgan fingerprint density at radius 3 is 2.33 bits per heavy atom. The van der Waals surface area contributed by atoms with Crippen LogP contribution in [0.4, 0.5) is 0 Å². The molecule has 0 spiro atoms. The zero-order chi connectivity index (χ0) is 9.19. The fourth-order valence-corrected chi connectivity index (χ4v) is 1.67. The van der Waals surface area contributed by atoms with E-state index in [0.29, 0.717) is 5.54 Å². The summed E-state index contributed by atoms with van der Waals surface area (Å²) in [7, 11) is 0. The third-order valence-electron chi connectivity index (χ3n) is 2.67. The summed E-state index contributed by atoms with van der Waals surface area (Å²) in [6, 6.07) is 0. The van der Waals surface area contributed by atoms with Crippen molar-refractivity contribution in [2.45, 2.75) is 39.7 Å². The van der Waals surface area contributed by atoms with Gasteiger partial charge in [0.25, 0.3) is 0 Å². The highest BCUT2D eigenvalue weighted by molar-refractivity contribution is 4.79. The summed E-state index contributed by atoms with van der Waals surface area (Å²) in [5.74, 6) is 0. The molecule has 2 heteroatoms. The predicted molar refractivity (Wildman–Crippen MR) is 53.2 cm³/mol. The Morgan fingerprint density at radius 2 is 1.83 bits per heavy atom. The fraction of sp³-hybridized carbons (Fsp3) is 1.00. The van der Waals surface area contributed by atoms with Crippen LogP contribution in [0.25, 0.3) is 0 Å². The van der Waals surface area contributed by atoms with Gasteiger partial charge < -0.3 is 0 Å². The van der Waals surface area contributed by atoms with Crippen molar-refractivity contribution in [2.75, 3.05) is 26.3 Å². The lowest BCUT2D eigenvalue weighted by Gasteiger charge is -2.42. The minimum atomic E-state index is 0.341. The topological polar surface area (TPSA) is 6.48 Å². The van der Waals surface area contributed by atoms with Crippen LogP contribution in [-0.2, 0) is 0 Å². The van der Waals surface area contributed by atoms with E-state index in [1.807, 2.05) is 0 Å². The molecule has 1 saturated heterocycles. The van der Waals surface area contributed by atoms with Gasteiger partial charge in [-0.05, 0) is 33.7 Å². The number of rotatable bonds is 1. The molecule has 1 fully saturated rings. The summed E-state index contributed by atoms with van der Waals surface area (Å²) in [6.07, 6.45) is 1.32. The van der Waals surface area contributed by atoms with Gasteiger partial charge in [0.15, 0.2) is 0 Å².